The molecule has 0 bridgehead atoms. The quantitative estimate of drug-likeness (QED) is 0.676. The van der Waals surface area contributed by atoms with Crippen molar-refractivity contribution in [1.29, 1.82) is 0 Å². The second-order valence-corrected chi connectivity index (χ2v) is 4.90. The Morgan fingerprint density at radius 1 is 1.25 bits per heavy atom. The number of aromatic nitrogens is 6. The SMILES string of the molecule is Cc1ccnc2c1nc(CCl)n2CCCn1ccnn1. The maximum atomic E-state index is 6.00. The van der Waals surface area contributed by atoms with Crippen LogP contribution >= 0.6 is 11.6 Å². The highest BCUT2D eigenvalue weighted by atomic mass is 35.5. The minimum Gasteiger partial charge on any atom is -0.312 e. The lowest BCUT2D eigenvalue weighted by Gasteiger charge is -2.07. The van der Waals surface area contributed by atoms with Crippen LogP contribution in [0.15, 0.2) is 24.7 Å². The van der Waals surface area contributed by atoms with Crippen molar-refractivity contribution in [2.24, 2.45) is 0 Å². The van der Waals surface area contributed by atoms with Gasteiger partial charge in [-0.15, -0.1) is 16.7 Å². The van der Waals surface area contributed by atoms with Crippen LogP contribution in [0, 0.1) is 6.92 Å². The molecule has 0 amide bonds. The lowest BCUT2D eigenvalue weighted by molar-refractivity contribution is 0.513. The molecule has 0 atom stereocenters. The minimum atomic E-state index is 0.388. The van der Waals surface area contributed by atoms with E-state index in [1.165, 1.54) is 0 Å². The molecule has 0 aliphatic carbocycles. The zero-order valence-corrected chi connectivity index (χ0v) is 12.0. The summed E-state index contributed by atoms with van der Waals surface area (Å²) < 4.78 is 3.91. The molecule has 0 saturated carbocycles. The molecular formula is C13H15ClN6. The first kappa shape index (κ1) is 13.1. The summed E-state index contributed by atoms with van der Waals surface area (Å²) in [5.74, 6) is 1.25. The highest BCUT2D eigenvalue weighted by Gasteiger charge is 2.12. The number of hydrogen-bond donors (Lipinski definition) is 0. The number of alkyl halides is 1. The number of hydrogen-bond acceptors (Lipinski definition) is 4. The van der Waals surface area contributed by atoms with Crippen molar-refractivity contribution in [2.75, 3.05) is 0 Å². The van der Waals surface area contributed by atoms with Crippen LogP contribution in [0.25, 0.3) is 11.2 Å². The normalized spacial score (nSPS) is 11.3. The third kappa shape index (κ3) is 2.38. The molecule has 3 aromatic rings. The van der Waals surface area contributed by atoms with Gasteiger partial charge in [0.1, 0.15) is 11.3 Å². The van der Waals surface area contributed by atoms with Crippen molar-refractivity contribution in [1.82, 2.24) is 29.5 Å². The third-order valence-electron chi connectivity index (χ3n) is 3.28. The second-order valence-electron chi connectivity index (χ2n) is 4.63. The van der Waals surface area contributed by atoms with Crippen LogP contribution in [0.4, 0.5) is 0 Å². The average Bonchev–Trinajstić information content (AvgIpc) is 3.08. The van der Waals surface area contributed by atoms with E-state index in [1.54, 1.807) is 6.20 Å². The van der Waals surface area contributed by atoms with E-state index in [1.807, 2.05) is 30.1 Å². The number of fused-ring (bicyclic) bond motifs is 1. The Bertz CT molecular complexity index is 703. The zero-order valence-electron chi connectivity index (χ0n) is 11.2. The fourth-order valence-electron chi connectivity index (χ4n) is 2.26. The lowest BCUT2D eigenvalue weighted by atomic mass is 10.3. The third-order valence-corrected chi connectivity index (χ3v) is 3.51. The summed E-state index contributed by atoms with van der Waals surface area (Å²) in [7, 11) is 0. The summed E-state index contributed by atoms with van der Waals surface area (Å²) >= 11 is 6.00. The first-order valence-electron chi connectivity index (χ1n) is 6.50. The molecule has 7 heteroatoms. The molecule has 3 aromatic heterocycles. The molecule has 0 fully saturated rings. The van der Waals surface area contributed by atoms with Crippen molar-refractivity contribution in [3.63, 3.8) is 0 Å². The van der Waals surface area contributed by atoms with E-state index in [9.17, 15) is 0 Å². The van der Waals surface area contributed by atoms with E-state index in [4.69, 9.17) is 11.6 Å². The van der Waals surface area contributed by atoms with Gasteiger partial charge in [-0.3, -0.25) is 4.68 Å². The topological polar surface area (TPSA) is 61.4 Å². The van der Waals surface area contributed by atoms with Crippen molar-refractivity contribution in [2.45, 2.75) is 32.3 Å². The molecule has 0 aliphatic heterocycles. The van der Waals surface area contributed by atoms with Gasteiger partial charge in [-0.2, -0.15) is 0 Å². The van der Waals surface area contributed by atoms with Gasteiger partial charge >= 0.3 is 0 Å². The van der Waals surface area contributed by atoms with Crippen LogP contribution in [0.1, 0.15) is 17.8 Å². The standard InChI is InChI=1S/C13H15ClN6/c1-10-3-4-15-13-12(10)17-11(9-14)20(13)7-2-6-19-8-5-16-18-19/h3-5,8H,2,6-7,9H2,1H3. The van der Waals surface area contributed by atoms with E-state index >= 15 is 0 Å². The Balaban J connectivity index is 1.84. The first-order valence-corrected chi connectivity index (χ1v) is 7.04. The fourth-order valence-corrected chi connectivity index (χ4v) is 2.47. The molecule has 0 aromatic carbocycles. The Labute approximate surface area is 121 Å². The lowest BCUT2D eigenvalue weighted by Crippen LogP contribution is -2.07. The van der Waals surface area contributed by atoms with E-state index in [0.29, 0.717) is 5.88 Å². The molecule has 0 aliphatic rings. The van der Waals surface area contributed by atoms with E-state index in [-0.39, 0.29) is 0 Å². The van der Waals surface area contributed by atoms with Crippen LogP contribution in [-0.4, -0.2) is 29.5 Å². The van der Waals surface area contributed by atoms with Crippen molar-refractivity contribution < 1.29 is 0 Å². The molecule has 3 heterocycles. The molecule has 0 spiro atoms. The Hall–Kier alpha value is -1.95. The van der Waals surface area contributed by atoms with Gasteiger partial charge in [-0.05, 0) is 25.0 Å². The van der Waals surface area contributed by atoms with Gasteiger partial charge < -0.3 is 4.57 Å². The highest BCUT2D eigenvalue weighted by Crippen LogP contribution is 2.19. The van der Waals surface area contributed by atoms with Gasteiger partial charge in [-0.1, -0.05) is 5.21 Å². The van der Waals surface area contributed by atoms with Crippen molar-refractivity contribution >= 4 is 22.8 Å². The molecular weight excluding hydrogens is 276 g/mol. The summed E-state index contributed by atoms with van der Waals surface area (Å²) in [6.07, 6.45) is 6.28. The van der Waals surface area contributed by atoms with Gasteiger partial charge in [0, 0.05) is 25.5 Å². The number of imidazole rings is 1. The summed E-state index contributed by atoms with van der Waals surface area (Å²) in [4.78, 5) is 9.01. The Morgan fingerprint density at radius 2 is 2.15 bits per heavy atom. The van der Waals surface area contributed by atoms with Gasteiger partial charge in [0.05, 0.1) is 12.1 Å². The summed E-state index contributed by atoms with van der Waals surface area (Å²) in [6.45, 7) is 3.66. The molecule has 0 radical (unpaired) electrons. The predicted octanol–water partition coefficient (Wildman–Crippen LogP) is 2.16. The Morgan fingerprint density at radius 3 is 2.90 bits per heavy atom. The predicted molar refractivity (Wildman–Crippen MR) is 76.5 cm³/mol. The highest BCUT2D eigenvalue weighted by molar-refractivity contribution is 6.16. The second kappa shape index (κ2) is 5.58. The van der Waals surface area contributed by atoms with Gasteiger partial charge in [0.2, 0.25) is 0 Å². The van der Waals surface area contributed by atoms with Crippen molar-refractivity contribution in [3.8, 4) is 0 Å². The number of aryl methyl sites for hydroxylation is 3. The van der Waals surface area contributed by atoms with E-state index in [2.05, 4.69) is 24.8 Å². The van der Waals surface area contributed by atoms with E-state index < -0.39 is 0 Å². The molecule has 3 rings (SSSR count). The molecule has 0 saturated heterocycles. The number of halogens is 1. The number of rotatable bonds is 5. The maximum absolute atomic E-state index is 6.00. The molecule has 0 unspecified atom stereocenters. The zero-order chi connectivity index (χ0) is 13.9. The maximum Gasteiger partial charge on any atom is 0.160 e. The molecule has 6 nitrogen and oxygen atoms in total. The molecule has 20 heavy (non-hydrogen) atoms. The largest absolute Gasteiger partial charge is 0.312 e. The summed E-state index contributed by atoms with van der Waals surface area (Å²) in [5.41, 5.74) is 2.96. The monoisotopic (exact) mass is 290 g/mol. The smallest absolute Gasteiger partial charge is 0.160 e. The van der Waals surface area contributed by atoms with Gasteiger partial charge in [-0.25, -0.2) is 9.97 Å². The molecule has 0 N–H and O–H groups in total. The van der Waals surface area contributed by atoms with Crippen LogP contribution in [0.2, 0.25) is 0 Å². The van der Waals surface area contributed by atoms with Crippen molar-refractivity contribution in [3.05, 3.63) is 36.0 Å². The Kier molecular flexibility index (Phi) is 3.64. The number of pyridine rings is 1. The van der Waals surface area contributed by atoms with Crippen LogP contribution < -0.4 is 0 Å². The number of nitrogens with zero attached hydrogens (tertiary/aromatic N) is 6. The average molecular weight is 291 g/mol. The van der Waals surface area contributed by atoms with Crippen LogP contribution in [-0.2, 0) is 19.0 Å². The van der Waals surface area contributed by atoms with E-state index in [0.717, 1.165) is 42.1 Å². The molecule has 104 valence electrons. The van der Waals surface area contributed by atoms with Gasteiger partial charge in [0.25, 0.3) is 0 Å². The summed E-state index contributed by atoms with van der Waals surface area (Å²) in [6, 6.07) is 1.97. The summed E-state index contributed by atoms with van der Waals surface area (Å²) in [5, 5.41) is 7.75. The van der Waals surface area contributed by atoms with Gasteiger partial charge in [0.15, 0.2) is 5.65 Å². The van der Waals surface area contributed by atoms with Crippen LogP contribution in [0.5, 0.6) is 0 Å². The van der Waals surface area contributed by atoms with Crippen LogP contribution in [0.3, 0.4) is 0 Å². The first-order chi connectivity index (χ1) is 9.79. The fraction of sp³-hybridized carbons (Fsp3) is 0.385. The minimum absolute atomic E-state index is 0.388.